The average Bonchev–Trinajstić information content (AvgIpc) is 1.77. The third-order valence-electron chi connectivity index (χ3n) is 0.604. The predicted octanol–water partition coefficient (Wildman–Crippen LogP) is -0.00440. The van der Waals surface area contributed by atoms with Crippen LogP contribution in [0.1, 0.15) is 0 Å². The Morgan fingerprint density at radius 3 is 2.25 bits per heavy atom. The Morgan fingerprint density at radius 1 is 1.38 bits per heavy atom. The predicted molar refractivity (Wildman–Crippen MR) is 34.6 cm³/mol. The number of hydrogen-bond acceptors (Lipinski definition) is 2. The average molecular weight is 126 g/mol. The van der Waals surface area contributed by atoms with E-state index in [1.54, 1.807) is 0 Å². The first-order valence-corrected chi connectivity index (χ1v) is 2.36. The van der Waals surface area contributed by atoms with Gasteiger partial charge in [-0.1, -0.05) is 0 Å². The summed E-state index contributed by atoms with van der Waals surface area (Å²) < 4.78 is 0. The van der Waals surface area contributed by atoms with E-state index in [4.69, 9.17) is 0 Å². The lowest BCUT2D eigenvalue weighted by Gasteiger charge is -1.89. The molecule has 0 aromatic carbocycles. The zero-order valence-electron chi connectivity index (χ0n) is 3.87. The SMILES string of the molecule is O=C1C=NC(=S)N=C1. The normalized spacial score (nSPS) is 17.5. The first kappa shape index (κ1) is 5.24. The Balaban J connectivity index is 2.83. The molecule has 0 amide bonds. The molecule has 0 saturated carbocycles. The Labute approximate surface area is 51.1 Å². The third-order valence-corrected chi connectivity index (χ3v) is 0.815. The van der Waals surface area contributed by atoms with Gasteiger partial charge in [-0.3, -0.25) is 4.79 Å². The van der Waals surface area contributed by atoms with Crippen LogP contribution >= 0.6 is 12.2 Å². The molecular weight excluding hydrogens is 124 g/mol. The molecule has 4 heteroatoms. The standard InChI is InChI=1S/C4H2N2OS/c7-3-1-5-4(8)6-2-3/h1-2H. The van der Waals surface area contributed by atoms with E-state index in [2.05, 4.69) is 22.2 Å². The maximum absolute atomic E-state index is 10.3. The van der Waals surface area contributed by atoms with Crippen molar-refractivity contribution in [2.24, 2.45) is 9.98 Å². The molecule has 0 aromatic rings. The molecule has 0 bridgehead atoms. The molecule has 1 rings (SSSR count). The van der Waals surface area contributed by atoms with E-state index in [9.17, 15) is 4.79 Å². The number of nitrogens with zero attached hydrogens (tertiary/aromatic N) is 2. The van der Waals surface area contributed by atoms with Crippen LogP contribution in [0.4, 0.5) is 0 Å². The molecule has 0 aromatic heterocycles. The van der Waals surface area contributed by atoms with Crippen molar-refractivity contribution in [3.8, 4) is 0 Å². The van der Waals surface area contributed by atoms with Crippen LogP contribution in [0.3, 0.4) is 0 Å². The molecule has 1 aliphatic heterocycles. The highest BCUT2D eigenvalue weighted by atomic mass is 32.1. The second kappa shape index (κ2) is 1.92. The number of hydrogen-bond donors (Lipinski definition) is 0. The fraction of sp³-hybridized carbons (Fsp3) is 0. The molecule has 0 N–H and O–H groups in total. The summed E-state index contributed by atoms with van der Waals surface area (Å²) in [6.07, 6.45) is 2.30. The van der Waals surface area contributed by atoms with Crippen LogP contribution in [0, 0.1) is 0 Å². The molecular formula is C4H2N2OS. The number of aliphatic imine (C=N–C) groups is 2. The number of rotatable bonds is 0. The number of Topliss-reactive ketones (excluding diaryl/α,β-unsaturated/α-hetero) is 1. The fourth-order valence-electron chi connectivity index (χ4n) is 0.304. The molecule has 0 aliphatic carbocycles. The molecule has 0 unspecified atom stereocenters. The largest absolute Gasteiger partial charge is 0.286 e. The second-order valence-electron chi connectivity index (χ2n) is 1.20. The lowest BCUT2D eigenvalue weighted by Crippen LogP contribution is -2.07. The minimum absolute atomic E-state index is 0.210. The molecule has 8 heavy (non-hydrogen) atoms. The van der Waals surface area contributed by atoms with Gasteiger partial charge in [-0.05, 0) is 12.2 Å². The van der Waals surface area contributed by atoms with E-state index in [-0.39, 0.29) is 10.9 Å². The van der Waals surface area contributed by atoms with E-state index in [1.165, 1.54) is 0 Å². The Morgan fingerprint density at radius 2 is 1.88 bits per heavy atom. The Kier molecular flexibility index (Phi) is 1.26. The van der Waals surface area contributed by atoms with Crippen molar-refractivity contribution >= 4 is 35.5 Å². The minimum Gasteiger partial charge on any atom is -0.286 e. The summed E-state index contributed by atoms with van der Waals surface area (Å²) in [4.78, 5) is 17.2. The Bertz CT molecular complexity index is 156. The van der Waals surface area contributed by atoms with Crippen LogP contribution in [0.25, 0.3) is 0 Å². The summed E-state index contributed by atoms with van der Waals surface area (Å²) in [5, 5.41) is 0.213. The first-order valence-electron chi connectivity index (χ1n) is 1.95. The molecule has 1 heterocycles. The van der Waals surface area contributed by atoms with Crippen molar-refractivity contribution in [2.45, 2.75) is 0 Å². The van der Waals surface area contributed by atoms with Crippen molar-refractivity contribution in [1.82, 2.24) is 0 Å². The summed E-state index contributed by atoms with van der Waals surface area (Å²) in [7, 11) is 0. The number of thiocarbonyl (C=S) groups is 1. The monoisotopic (exact) mass is 126 g/mol. The van der Waals surface area contributed by atoms with Crippen LogP contribution in [-0.4, -0.2) is 23.3 Å². The third kappa shape index (κ3) is 1.04. The molecule has 0 radical (unpaired) electrons. The van der Waals surface area contributed by atoms with Gasteiger partial charge in [0.15, 0.2) is 0 Å². The van der Waals surface area contributed by atoms with Gasteiger partial charge in [-0.25, -0.2) is 9.98 Å². The lowest BCUT2D eigenvalue weighted by molar-refractivity contribution is -0.106. The van der Waals surface area contributed by atoms with Gasteiger partial charge in [0.05, 0.1) is 12.4 Å². The molecule has 0 fully saturated rings. The van der Waals surface area contributed by atoms with Gasteiger partial charge >= 0.3 is 0 Å². The number of carbonyl (C=O) groups excluding carboxylic acids is 1. The van der Waals surface area contributed by atoms with E-state index in [1.807, 2.05) is 0 Å². The van der Waals surface area contributed by atoms with Crippen molar-refractivity contribution in [2.75, 3.05) is 0 Å². The molecule has 0 spiro atoms. The van der Waals surface area contributed by atoms with Gasteiger partial charge in [0.2, 0.25) is 10.9 Å². The zero-order chi connectivity index (χ0) is 5.98. The van der Waals surface area contributed by atoms with Gasteiger partial charge in [0.25, 0.3) is 0 Å². The highest BCUT2D eigenvalue weighted by Crippen LogP contribution is 1.84. The molecule has 1 aliphatic rings. The second-order valence-corrected chi connectivity index (χ2v) is 1.57. The van der Waals surface area contributed by atoms with E-state index in [0.717, 1.165) is 12.4 Å². The van der Waals surface area contributed by atoms with Gasteiger partial charge in [-0.15, -0.1) is 0 Å². The van der Waals surface area contributed by atoms with Gasteiger partial charge < -0.3 is 0 Å². The summed E-state index contributed by atoms with van der Waals surface area (Å²) in [6, 6.07) is 0. The molecule has 40 valence electrons. The smallest absolute Gasteiger partial charge is 0.219 e. The van der Waals surface area contributed by atoms with Gasteiger partial charge in [0.1, 0.15) is 0 Å². The number of ketones is 1. The maximum atomic E-state index is 10.3. The summed E-state index contributed by atoms with van der Waals surface area (Å²) in [5.74, 6) is -0.210. The van der Waals surface area contributed by atoms with Crippen LogP contribution in [-0.2, 0) is 4.79 Å². The first-order chi connectivity index (χ1) is 3.79. The van der Waals surface area contributed by atoms with Crippen molar-refractivity contribution in [1.29, 1.82) is 0 Å². The molecule has 3 nitrogen and oxygen atoms in total. The Hall–Kier alpha value is -0.900. The van der Waals surface area contributed by atoms with Crippen molar-refractivity contribution < 1.29 is 4.79 Å². The van der Waals surface area contributed by atoms with Crippen molar-refractivity contribution in [3.63, 3.8) is 0 Å². The minimum atomic E-state index is -0.210. The zero-order valence-corrected chi connectivity index (χ0v) is 4.68. The topological polar surface area (TPSA) is 41.8 Å². The highest BCUT2D eigenvalue weighted by Gasteiger charge is 1.97. The fourth-order valence-corrected chi connectivity index (χ4v) is 0.410. The molecule has 0 atom stereocenters. The maximum Gasteiger partial charge on any atom is 0.219 e. The summed E-state index contributed by atoms with van der Waals surface area (Å²) in [5.41, 5.74) is 0. The van der Waals surface area contributed by atoms with Crippen molar-refractivity contribution in [3.05, 3.63) is 0 Å². The van der Waals surface area contributed by atoms with Crippen LogP contribution in [0.15, 0.2) is 9.98 Å². The number of carbonyl (C=O) groups is 1. The van der Waals surface area contributed by atoms with E-state index < -0.39 is 0 Å². The van der Waals surface area contributed by atoms with Crippen LogP contribution in [0.2, 0.25) is 0 Å². The van der Waals surface area contributed by atoms with E-state index in [0.29, 0.717) is 0 Å². The lowest BCUT2D eigenvalue weighted by atomic mass is 10.4. The van der Waals surface area contributed by atoms with Crippen LogP contribution < -0.4 is 0 Å². The van der Waals surface area contributed by atoms with Crippen LogP contribution in [0.5, 0.6) is 0 Å². The van der Waals surface area contributed by atoms with Gasteiger partial charge in [-0.2, -0.15) is 0 Å². The van der Waals surface area contributed by atoms with Gasteiger partial charge in [0, 0.05) is 0 Å². The van der Waals surface area contributed by atoms with E-state index >= 15 is 0 Å². The highest BCUT2D eigenvalue weighted by molar-refractivity contribution is 7.80. The summed E-state index contributed by atoms with van der Waals surface area (Å²) >= 11 is 4.51. The molecule has 0 saturated heterocycles. The quantitative estimate of drug-likeness (QED) is 0.428. The summed E-state index contributed by atoms with van der Waals surface area (Å²) in [6.45, 7) is 0.